The smallest absolute Gasteiger partial charge is 0.134 e. The van der Waals surface area contributed by atoms with Crippen LogP contribution in [-0.4, -0.2) is 15.3 Å². The molecule has 5 nitrogen and oxygen atoms in total. The largest absolute Gasteiger partial charge is 0.508 e. The Labute approximate surface area is 187 Å². The summed E-state index contributed by atoms with van der Waals surface area (Å²) < 4.78 is 6.08. The lowest BCUT2D eigenvalue weighted by Gasteiger charge is -2.29. The second kappa shape index (κ2) is 8.55. The zero-order valence-electron chi connectivity index (χ0n) is 18.2. The first-order valence-corrected chi connectivity index (χ1v) is 10.3. The highest BCUT2D eigenvalue weighted by Crippen LogP contribution is 2.43. The summed E-state index contributed by atoms with van der Waals surface area (Å²) in [7, 11) is 0. The molecule has 0 radical (unpaired) electrons. The van der Waals surface area contributed by atoms with Gasteiger partial charge in [0.15, 0.2) is 0 Å². The lowest BCUT2D eigenvalue weighted by molar-refractivity contribution is 0.448. The first-order chi connectivity index (χ1) is 15.4. The molecule has 3 N–H and O–H groups in total. The molecule has 0 spiro atoms. The normalized spacial score (nSPS) is 10.7. The van der Waals surface area contributed by atoms with Crippen LogP contribution < -0.4 is 9.64 Å². The van der Waals surface area contributed by atoms with Crippen molar-refractivity contribution in [2.24, 2.45) is 0 Å². The molecule has 0 aromatic heterocycles. The summed E-state index contributed by atoms with van der Waals surface area (Å²) in [4.78, 5) is 1.98. The number of phenols is 3. The van der Waals surface area contributed by atoms with Gasteiger partial charge in [0.25, 0.3) is 0 Å². The quantitative estimate of drug-likeness (QED) is 0.320. The molecule has 0 aliphatic carbocycles. The molecule has 5 heteroatoms. The molecule has 0 amide bonds. The van der Waals surface area contributed by atoms with E-state index in [0.29, 0.717) is 28.2 Å². The first-order valence-electron chi connectivity index (χ1n) is 10.3. The van der Waals surface area contributed by atoms with Gasteiger partial charge in [0.05, 0.1) is 11.4 Å². The van der Waals surface area contributed by atoms with E-state index in [1.807, 2.05) is 55.1 Å². The molecule has 0 atom stereocenters. The molecule has 0 fully saturated rings. The van der Waals surface area contributed by atoms with Crippen LogP contribution in [-0.2, 0) is 0 Å². The Balaban J connectivity index is 1.85. The molecular formula is C27H25NO4. The van der Waals surface area contributed by atoms with Crippen LogP contribution in [0.5, 0.6) is 28.7 Å². The van der Waals surface area contributed by atoms with Gasteiger partial charge in [0, 0.05) is 28.4 Å². The Hall–Kier alpha value is -4.12. The fourth-order valence-electron chi connectivity index (χ4n) is 3.64. The van der Waals surface area contributed by atoms with Crippen molar-refractivity contribution in [3.63, 3.8) is 0 Å². The molecule has 0 saturated heterocycles. The number of anilines is 3. The van der Waals surface area contributed by atoms with Crippen molar-refractivity contribution in [1.82, 2.24) is 0 Å². The number of aromatic hydroxyl groups is 3. The molecule has 0 heterocycles. The number of rotatable bonds is 5. The minimum absolute atomic E-state index is 0.172. The molecule has 0 bridgehead atoms. The van der Waals surface area contributed by atoms with Gasteiger partial charge in [0.1, 0.15) is 28.7 Å². The summed E-state index contributed by atoms with van der Waals surface area (Å²) in [5.74, 6) is 1.71. The summed E-state index contributed by atoms with van der Waals surface area (Å²) >= 11 is 0. The molecule has 162 valence electrons. The maximum Gasteiger partial charge on any atom is 0.134 e. The van der Waals surface area contributed by atoms with E-state index in [9.17, 15) is 15.3 Å². The van der Waals surface area contributed by atoms with E-state index in [0.717, 1.165) is 17.1 Å². The van der Waals surface area contributed by atoms with Gasteiger partial charge < -0.3 is 25.0 Å². The lowest BCUT2D eigenvalue weighted by atomic mass is 10.1. The Morgan fingerprint density at radius 2 is 1.09 bits per heavy atom. The van der Waals surface area contributed by atoms with Crippen molar-refractivity contribution < 1.29 is 20.1 Å². The topological polar surface area (TPSA) is 73.2 Å². The number of benzene rings is 4. The molecule has 0 unspecified atom stereocenters. The highest BCUT2D eigenvalue weighted by atomic mass is 16.5. The third-order valence-corrected chi connectivity index (χ3v) is 5.59. The fourth-order valence-corrected chi connectivity index (χ4v) is 3.64. The Morgan fingerprint density at radius 3 is 1.69 bits per heavy atom. The molecule has 32 heavy (non-hydrogen) atoms. The summed E-state index contributed by atoms with van der Waals surface area (Å²) in [6.45, 7) is 5.51. The summed E-state index contributed by atoms with van der Waals surface area (Å²) in [6.07, 6.45) is 0. The van der Waals surface area contributed by atoms with Gasteiger partial charge in [-0.2, -0.15) is 0 Å². The van der Waals surface area contributed by atoms with Crippen LogP contribution in [0.2, 0.25) is 0 Å². The maximum absolute atomic E-state index is 10.3. The molecule has 4 aromatic carbocycles. The predicted molar refractivity (Wildman–Crippen MR) is 127 cm³/mol. The van der Waals surface area contributed by atoms with Gasteiger partial charge in [-0.15, -0.1) is 0 Å². The van der Waals surface area contributed by atoms with Crippen LogP contribution in [0, 0.1) is 20.8 Å². The number of ether oxygens (including phenoxy) is 1. The maximum atomic E-state index is 10.3. The summed E-state index contributed by atoms with van der Waals surface area (Å²) in [5, 5.41) is 30.7. The van der Waals surface area contributed by atoms with Crippen LogP contribution in [0.4, 0.5) is 17.1 Å². The lowest BCUT2D eigenvalue weighted by Crippen LogP contribution is -2.12. The van der Waals surface area contributed by atoms with E-state index in [2.05, 4.69) is 0 Å². The minimum Gasteiger partial charge on any atom is -0.508 e. The third-order valence-electron chi connectivity index (χ3n) is 5.59. The van der Waals surface area contributed by atoms with E-state index < -0.39 is 0 Å². The van der Waals surface area contributed by atoms with Crippen molar-refractivity contribution in [3.05, 3.63) is 95.6 Å². The van der Waals surface area contributed by atoms with Gasteiger partial charge in [-0.3, -0.25) is 0 Å². The predicted octanol–water partition coefficient (Wildman–Crippen LogP) is 6.99. The average Bonchev–Trinajstić information content (AvgIpc) is 2.78. The van der Waals surface area contributed by atoms with Gasteiger partial charge in [-0.25, -0.2) is 0 Å². The third kappa shape index (κ3) is 3.93. The second-order valence-electron chi connectivity index (χ2n) is 7.68. The van der Waals surface area contributed by atoms with Gasteiger partial charge >= 0.3 is 0 Å². The zero-order chi connectivity index (χ0) is 22.8. The van der Waals surface area contributed by atoms with E-state index in [1.165, 1.54) is 0 Å². The van der Waals surface area contributed by atoms with Crippen LogP contribution in [0.15, 0.2) is 78.9 Å². The molecule has 0 aliphatic rings. The Morgan fingerprint density at radius 1 is 0.594 bits per heavy atom. The monoisotopic (exact) mass is 427 g/mol. The number of phenolic OH excluding ortho intramolecular Hbond substituents is 3. The van der Waals surface area contributed by atoms with Crippen LogP contribution in [0.1, 0.15) is 16.7 Å². The van der Waals surface area contributed by atoms with Crippen molar-refractivity contribution in [3.8, 4) is 28.7 Å². The van der Waals surface area contributed by atoms with Gasteiger partial charge in [-0.05, 0) is 69.3 Å². The molecule has 4 rings (SSSR count). The number of hydrogen-bond acceptors (Lipinski definition) is 5. The second-order valence-corrected chi connectivity index (χ2v) is 7.68. The van der Waals surface area contributed by atoms with Gasteiger partial charge in [-0.1, -0.05) is 24.3 Å². The van der Waals surface area contributed by atoms with E-state index in [1.54, 1.807) is 49.4 Å². The van der Waals surface area contributed by atoms with Crippen LogP contribution in [0.25, 0.3) is 0 Å². The zero-order valence-corrected chi connectivity index (χ0v) is 18.2. The van der Waals surface area contributed by atoms with Crippen molar-refractivity contribution in [1.29, 1.82) is 0 Å². The first kappa shape index (κ1) is 21.1. The van der Waals surface area contributed by atoms with Crippen LogP contribution >= 0.6 is 0 Å². The van der Waals surface area contributed by atoms with Crippen molar-refractivity contribution in [2.75, 3.05) is 4.90 Å². The highest BCUT2D eigenvalue weighted by Gasteiger charge is 2.19. The van der Waals surface area contributed by atoms with Crippen LogP contribution in [0.3, 0.4) is 0 Å². The average molecular weight is 428 g/mol. The molecule has 0 aliphatic heterocycles. The van der Waals surface area contributed by atoms with E-state index >= 15 is 0 Å². The Bertz CT molecular complexity index is 1230. The summed E-state index contributed by atoms with van der Waals surface area (Å²) in [6, 6.07) is 23.4. The fraction of sp³-hybridized carbons (Fsp3) is 0.111. The highest BCUT2D eigenvalue weighted by molar-refractivity contribution is 5.82. The summed E-state index contributed by atoms with van der Waals surface area (Å²) in [5.41, 5.74) is 4.44. The molecule has 4 aromatic rings. The molecule has 0 saturated carbocycles. The van der Waals surface area contributed by atoms with E-state index in [-0.39, 0.29) is 17.2 Å². The Kier molecular flexibility index (Phi) is 5.65. The number of nitrogens with zero attached hydrogens (tertiary/aromatic N) is 1. The number of hydrogen-bond donors (Lipinski definition) is 3. The standard InChI is InChI=1S/C27H25NO4/c1-17-22(10-5-12-24(17)29)28(23-11-6-13-25(30)18(23)2)20-8-4-9-21(16-20)32-27-15-7-14-26(31)19(27)3/h4-16,29-31H,1-3H3. The minimum atomic E-state index is 0.172. The van der Waals surface area contributed by atoms with Gasteiger partial charge in [0.2, 0.25) is 0 Å². The van der Waals surface area contributed by atoms with Crippen molar-refractivity contribution >= 4 is 17.1 Å². The SMILES string of the molecule is Cc1c(O)cccc1Oc1cccc(N(c2cccc(O)c2C)c2cccc(O)c2C)c1. The van der Waals surface area contributed by atoms with Crippen molar-refractivity contribution in [2.45, 2.75) is 20.8 Å². The molecular weight excluding hydrogens is 402 g/mol. The van der Waals surface area contributed by atoms with E-state index in [4.69, 9.17) is 4.74 Å².